The predicted molar refractivity (Wildman–Crippen MR) is 115 cm³/mol. The Labute approximate surface area is 187 Å². The number of non-ortho nitro benzene ring substituents is 1. The molecule has 10 heteroatoms. The minimum absolute atomic E-state index is 0.156. The molecule has 1 aliphatic heterocycles. The van der Waals surface area contributed by atoms with Gasteiger partial charge in [0.1, 0.15) is 11.6 Å². The monoisotopic (exact) mass is 450 g/mol. The molecule has 0 aliphatic carbocycles. The lowest BCUT2D eigenvalue weighted by molar-refractivity contribution is -0.384. The average molecular weight is 450 g/mol. The average Bonchev–Trinajstić information content (AvgIpc) is 3.41. The standard InChI is InChI=1S/C23H19FN4O5/c24-17-7-5-15(6-8-17)21(29)19-20(16-3-1-4-18(13-16)28(32)33)27(23(31)22(19)30)11-2-10-26-12-9-25-14-26/h1,3-9,12-14,20,29H,2,10-11H2/t20-/m1/s1. The minimum Gasteiger partial charge on any atom is -0.507 e. The molecule has 0 unspecified atom stereocenters. The second-order valence-electron chi connectivity index (χ2n) is 7.51. The number of aliphatic hydroxyl groups excluding tert-OH is 1. The quantitative estimate of drug-likeness (QED) is 0.194. The molecule has 9 nitrogen and oxygen atoms in total. The summed E-state index contributed by atoms with van der Waals surface area (Å²) in [5, 5.41) is 22.2. The number of halogens is 1. The van der Waals surface area contributed by atoms with Crippen LogP contribution in [0.15, 0.2) is 72.8 Å². The number of carbonyl (C=O) groups excluding carboxylic acids is 2. The number of aryl methyl sites for hydroxylation is 1. The smallest absolute Gasteiger partial charge is 0.295 e. The first kappa shape index (κ1) is 21.9. The van der Waals surface area contributed by atoms with Crippen molar-refractivity contribution in [2.75, 3.05) is 6.54 Å². The lowest BCUT2D eigenvalue weighted by Crippen LogP contribution is -2.31. The number of nitrogens with zero attached hydrogens (tertiary/aromatic N) is 4. The zero-order chi connectivity index (χ0) is 23.5. The predicted octanol–water partition coefficient (Wildman–Crippen LogP) is 3.44. The molecule has 0 radical (unpaired) electrons. The summed E-state index contributed by atoms with van der Waals surface area (Å²) in [6.07, 6.45) is 5.49. The van der Waals surface area contributed by atoms with E-state index >= 15 is 0 Å². The second-order valence-corrected chi connectivity index (χ2v) is 7.51. The Hall–Kier alpha value is -4.34. The molecule has 3 aromatic rings. The third-order valence-electron chi connectivity index (χ3n) is 5.43. The van der Waals surface area contributed by atoms with Crippen molar-refractivity contribution in [1.29, 1.82) is 0 Å². The number of ketones is 1. The summed E-state index contributed by atoms with van der Waals surface area (Å²) >= 11 is 0. The van der Waals surface area contributed by atoms with Gasteiger partial charge in [0.05, 0.1) is 22.9 Å². The van der Waals surface area contributed by atoms with E-state index in [0.717, 1.165) is 12.1 Å². The molecule has 2 heterocycles. The molecule has 4 rings (SSSR count). The summed E-state index contributed by atoms with van der Waals surface area (Å²) in [5.41, 5.74) is 0.0611. The Bertz CT molecular complexity index is 1240. The molecule has 0 spiro atoms. The van der Waals surface area contributed by atoms with E-state index in [1.807, 2.05) is 4.57 Å². The highest BCUT2D eigenvalue weighted by Gasteiger charge is 2.46. The zero-order valence-electron chi connectivity index (χ0n) is 17.3. The van der Waals surface area contributed by atoms with Gasteiger partial charge in [-0.05, 0) is 36.2 Å². The van der Waals surface area contributed by atoms with E-state index in [1.165, 1.54) is 35.2 Å². The number of hydrogen-bond donors (Lipinski definition) is 1. The van der Waals surface area contributed by atoms with E-state index in [9.17, 15) is 29.2 Å². The molecule has 1 saturated heterocycles. The lowest BCUT2D eigenvalue weighted by Gasteiger charge is -2.25. The fourth-order valence-electron chi connectivity index (χ4n) is 3.87. The van der Waals surface area contributed by atoms with Crippen LogP contribution in [0.4, 0.5) is 10.1 Å². The molecule has 0 saturated carbocycles. The Morgan fingerprint density at radius 2 is 1.91 bits per heavy atom. The Kier molecular flexibility index (Phi) is 5.99. The maximum Gasteiger partial charge on any atom is 0.295 e. The first-order valence-corrected chi connectivity index (χ1v) is 10.1. The summed E-state index contributed by atoms with van der Waals surface area (Å²) in [6, 6.07) is 9.39. The molecular formula is C23H19FN4O5. The normalized spacial score (nSPS) is 17.5. The van der Waals surface area contributed by atoms with Crippen LogP contribution in [0.25, 0.3) is 5.76 Å². The molecule has 1 atom stereocenters. The van der Waals surface area contributed by atoms with Crippen molar-refractivity contribution in [2.45, 2.75) is 19.0 Å². The van der Waals surface area contributed by atoms with E-state index in [1.54, 1.807) is 24.8 Å². The van der Waals surface area contributed by atoms with Gasteiger partial charge in [-0.15, -0.1) is 0 Å². The van der Waals surface area contributed by atoms with Gasteiger partial charge in [0.2, 0.25) is 0 Å². The third-order valence-corrected chi connectivity index (χ3v) is 5.43. The number of imidazole rings is 1. The molecule has 1 aliphatic rings. The van der Waals surface area contributed by atoms with Crippen LogP contribution in [0.5, 0.6) is 0 Å². The summed E-state index contributed by atoms with van der Waals surface area (Å²) in [4.78, 5) is 41.9. The van der Waals surface area contributed by atoms with Crippen LogP contribution in [-0.2, 0) is 16.1 Å². The first-order chi connectivity index (χ1) is 15.9. The highest BCUT2D eigenvalue weighted by Crippen LogP contribution is 2.40. The highest BCUT2D eigenvalue weighted by molar-refractivity contribution is 6.46. The molecule has 1 fully saturated rings. The number of nitro groups is 1. The van der Waals surface area contributed by atoms with Crippen molar-refractivity contribution in [1.82, 2.24) is 14.5 Å². The van der Waals surface area contributed by atoms with Gasteiger partial charge in [0, 0.05) is 43.2 Å². The summed E-state index contributed by atoms with van der Waals surface area (Å²) in [5.74, 6) is -2.72. The molecule has 33 heavy (non-hydrogen) atoms. The van der Waals surface area contributed by atoms with Gasteiger partial charge in [-0.2, -0.15) is 0 Å². The van der Waals surface area contributed by atoms with E-state index in [2.05, 4.69) is 4.98 Å². The van der Waals surface area contributed by atoms with Crippen LogP contribution in [0.3, 0.4) is 0 Å². The van der Waals surface area contributed by atoms with Gasteiger partial charge >= 0.3 is 0 Å². The third kappa shape index (κ3) is 4.36. The molecule has 168 valence electrons. The van der Waals surface area contributed by atoms with E-state index in [0.29, 0.717) is 18.5 Å². The van der Waals surface area contributed by atoms with Crippen LogP contribution < -0.4 is 0 Å². The van der Waals surface area contributed by atoms with Crippen LogP contribution >= 0.6 is 0 Å². The minimum atomic E-state index is -1.03. The Balaban J connectivity index is 1.76. The maximum atomic E-state index is 13.3. The maximum absolute atomic E-state index is 13.3. The molecule has 1 amide bonds. The van der Waals surface area contributed by atoms with Gasteiger partial charge in [0.25, 0.3) is 17.4 Å². The fourth-order valence-corrected chi connectivity index (χ4v) is 3.87. The molecule has 0 bridgehead atoms. The van der Waals surface area contributed by atoms with E-state index in [-0.39, 0.29) is 23.4 Å². The van der Waals surface area contributed by atoms with Gasteiger partial charge in [0.15, 0.2) is 0 Å². The largest absolute Gasteiger partial charge is 0.507 e. The number of aliphatic hydroxyl groups is 1. The highest BCUT2D eigenvalue weighted by atomic mass is 19.1. The van der Waals surface area contributed by atoms with Gasteiger partial charge in [-0.25, -0.2) is 9.37 Å². The summed E-state index contributed by atoms with van der Waals surface area (Å²) in [7, 11) is 0. The fraction of sp³-hybridized carbons (Fsp3) is 0.174. The van der Waals surface area contributed by atoms with Crippen molar-refractivity contribution >= 4 is 23.1 Å². The van der Waals surface area contributed by atoms with Crippen molar-refractivity contribution in [2.24, 2.45) is 0 Å². The zero-order valence-corrected chi connectivity index (χ0v) is 17.3. The number of nitro benzene ring substituents is 1. The second kappa shape index (κ2) is 9.03. The van der Waals surface area contributed by atoms with Gasteiger partial charge in [-0.3, -0.25) is 19.7 Å². The number of carbonyl (C=O) groups is 2. The topological polar surface area (TPSA) is 119 Å². The summed E-state index contributed by atoms with van der Waals surface area (Å²) in [6.45, 7) is 0.693. The Morgan fingerprint density at radius 1 is 1.15 bits per heavy atom. The van der Waals surface area contributed by atoms with Crippen molar-refractivity contribution in [3.8, 4) is 0 Å². The number of Topliss-reactive ketones (excluding diaryl/α,β-unsaturated/α-hetero) is 1. The molecule has 1 N–H and O–H groups in total. The molecular weight excluding hydrogens is 431 g/mol. The molecule has 2 aromatic carbocycles. The first-order valence-electron chi connectivity index (χ1n) is 10.1. The number of amides is 1. The number of benzene rings is 2. The molecule has 1 aromatic heterocycles. The van der Waals surface area contributed by atoms with Crippen molar-refractivity contribution in [3.63, 3.8) is 0 Å². The van der Waals surface area contributed by atoms with Gasteiger partial charge < -0.3 is 14.6 Å². The van der Waals surface area contributed by atoms with E-state index in [4.69, 9.17) is 0 Å². The SMILES string of the molecule is O=C1C(=O)N(CCCn2ccnc2)[C@H](c2cccc([N+](=O)[O-])c2)C1=C(O)c1ccc(F)cc1. The van der Waals surface area contributed by atoms with Crippen molar-refractivity contribution < 1.29 is 24.0 Å². The van der Waals surface area contributed by atoms with Gasteiger partial charge in [-0.1, -0.05) is 12.1 Å². The lowest BCUT2D eigenvalue weighted by atomic mass is 9.95. The number of likely N-dealkylation sites (tertiary alicyclic amines) is 1. The van der Waals surface area contributed by atoms with Crippen LogP contribution in [0.1, 0.15) is 23.6 Å². The number of hydrogen-bond acceptors (Lipinski definition) is 6. The van der Waals surface area contributed by atoms with Crippen molar-refractivity contribution in [3.05, 3.63) is 99.9 Å². The van der Waals surface area contributed by atoms with E-state index < -0.39 is 34.2 Å². The Morgan fingerprint density at radius 3 is 2.58 bits per heavy atom. The van der Waals surface area contributed by atoms with Crippen LogP contribution in [-0.4, -0.2) is 42.7 Å². The van der Waals surface area contributed by atoms with Crippen LogP contribution in [0.2, 0.25) is 0 Å². The number of rotatable bonds is 7. The summed E-state index contributed by atoms with van der Waals surface area (Å²) < 4.78 is 15.2. The number of aromatic nitrogens is 2. The van der Waals surface area contributed by atoms with Crippen LogP contribution in [0, 0.1) is 15.9 Å².